The van der Waals surface area contributed by atoms with Crippen LogP contribution in [0.2, 0.25) is 0 Å². The van der Waals surface area contributed by atoms with Crippen LogP contribution in [0.25, 0.3) is 0 Å². The van der Waals surface area contributed by atoms with Gasteiger partial charge in [0.15, 0.2) is 5.96 Å². The molecule has 1 aromatic heterocycles. The van der Waals surface area contributed by atoms with Crippen LogP contribution in [0, 0.1) is 0 Å². The molecule has 1 aliphatic rings. The maximum absolute atomic E-state index is 4.57. The number of guanidine groups is 1. The van der Waals surface area contributed by atoms with Gasteiger partial charge in [0.2, 0.25) is 5.95 Å². The average Bonchev–Trinajstić information content (AvgIpc) is 2.52. The first kappa shape index (κ1) is 19.1. The van der Waals surface area contributed by atoms with Gasteiger partial charge in [-0.05, 0) is 13.0 Å². The SMILES string of the molecule is C=C(Br)CN=C(NCC)N1CCN(c2ncccn2)CC1.I. The van der Waals surface area contributed by atoms with Crippen molar-refractivity contribution in [3.63, 3.8) is 0 Å². The van der Waals surface area contributed by atoms with Crippen LogP contribution in [0.15, 0.2) is 34.5 Å². The minimum atomic E-state index is 0. The lowest BCUT2D eigenvalue weighted by Crippen LogP contribution is -2.53. The molecule has 0 aliphatic carbocycles. The van der Waals surface area contributed by atoms with E-state index in [2.05, 4.69) is 59.5 Å². The van der Waals surface area contributed by atoms with Crippen molar-refractivity contribution in [1.82, 2.24) is 20.2 Å². The van der Waals surface area contributed by atoms with E-state index >= 15 is 0 Å². The molecule has 1 aliphatic heterocycles. The molecule has 0 unspecified atom stereocenters. The van der Waals surface area contributed by atoms with Gasteiger partial charge in [-0.2, -0.15) is 0 Å². The molecule has 1 fully saturated rings. The summed E-state index contributed by atoms with van der Waals surface area (Å²) in [7, 11) is 0. The number of rotatable bonds is 4. The minimum absolute atomic E-state index is 0. The van der Waals surface area contributed by atoms with E-state index in [9.17, 15) is 0 Å². The van der Waals surface area contributed by atoms with Gasteiger partial charge < -0.3 is 15.1 Å². The highest BCUT2D eigenvalue weighted by Crippen LogP contribution is 2.10. The minimum Gasteiger partial charge on any atom is -0.357 e. The summed E-state index contributed by atoms with van der Waals surface area (Å²) in [6, 6.07) is 1.84. The molecule has 22 heavy (non-hydrogen) atoms. The van der Waals surface area contributed by atoms with Crippen LogP contribution in [0.5, 0.6) is 0 Å². The number of aliphatic imine (C=N–C) groups is 1. The van der Waals surface area contributed by atoms with Crippen LogP contribution < -0.4 is 10.2 Å². The van der Waals surface area contributed by atoms with E-state index in [1.165, 1.54) is 0 Å². The first-order valence-corrected chi connectivity index (χ1v) is 7.88. The molecular formula is C14H22BrIN6. The quantitative estimate of drug-likeness (QED) is 0.406. The number of anilines is 1. The fourth-order valence-corrected chi connectivity index (χ4v) is 2.28. The fourth-order valence-electron chi connectivity index (χ4n) is 2.16. The summed E-state index contributed by atoms with van der Waals surface area (Å²) in [4.78, 5) is 17.6. The third kappa shape index (κ3) is 5.71. The Balaban J connectivity index is 0.00000242. The molecule has 2 heterocycles. The Morgan fingerprint density at radius 2 is 1.95 bits per heavy atom. The smallest absolute Gasteiger partial charge is 0.225 e. The van der Waals surface area contributed by atoms with Crippen LogP contribution in [0.1, 0.15) is 6.92 Å². The summed E-state index contributed by atoms with van der Waals surface area (Å²) >= 11 is 3.35. The highest BCUT2D eigenvalue weighted by atomic mass is 127. The summed E-state index contributed by atoms with van der Waals surface area (Å²) in [5.74, 6) is 1.74. The Hall–Kier alpha value is -0.900. The molecule has 0 spiro atoms. The summed E-state index contributed by atoms with van der Waals surface area (Å²) in [6.07, 6.45) is 3.56. The fraction of sp³-hybridized carbons (Fsp3) is 0.500. The Labute approximate surface area is 157 Å². The van der Waals surface area contributed by atoms with E-state index in [-0.39, 0.29) is 24.0 Å². The number of aromatic nitrogens is 2. The van der Waals surface area contributed by atoms with Crippen LogP contribution >= 0.6 is 39.9 Å². The Morgan fingerprint density at radius 1 is 1.32 bits per heavy atom. The molecule has 8 heteroatoms. The zero-order chi connectivity index (χ0) is 15.1. The number of nitrogens with zero attached hydrogens (tertiary/aromatic N) is 5. The topological polar surface area (TPSA) is 56.7 Å². The molecule has 1 saturated heterocycles. The largest absolute Gasteiger partial charge is 0.357 e. The van der Waals surface area contributed by atoms with Gasteiger partial charge >= 0.3 is 0 Å². The molecule has 1 aromatic rings. The lowest BCUT2D eigenvalue weighted by molar-refractivity contribution is 0.370. The van der Waals surface area contributed by atoms with Gasteiger partial charge in [-0.1, -0.05) is 22.5 Å². The summed E-state index contributed by atoms with van der Waals surface area (Å²) in [5.41, 5.74) is 0. The molecule has 2 rings (SSSR count). The average molecular weight is 481 g/mol. The standard InChI is InChI=1S/C14H21BrN6.HI/c1-3-16-13(19-11-12(2)15)20-7-9-21(10-8-20)14-17-5-4-6-18-14;/h4-6H,2-3,7-11H2,1H3,(H,16,19);1H. The van der Waals surface area contributed by atoms with Crippen molar-refractivity contribution in [3.05, 3.63) is 29.5 Å². The van der Waals surface area contributed by atoms with E-state index in [1.807, 2.05) is 6.07 Å². The lowest BCUT2D eigenvalue weighted by Gasteiger charge is -2.36. The highest BCUT2D eigenvalue weighted by Gasteiger charge is 2.20. The molecule has 0 saturated carbocycles. The van der Waals surface area contributed by atoms with Gasteiger partial charge in [0.1, 0.15) is 0 Å². The van der Waals surface area contributed by atoms with Gasteiger partial charge in [-0.25, -0.2) is 15.0 Å². The van der Waals surface area contributed by atoms with Crippen LogP contribution in [0.4, 0.5) is 5.95 Å². The van der Waals surface area contributed by atoms with Crippen molar-refractivity contribution in [2.24, 2.45) is 4.99 Å². The first-order valence-electron chi connectivity index (χ1n) is 7.09. The van der Waals surface area contributed by atoms with Crippen molar-refractivity contribution in [2.45, 2.75) is 6.92 Å². The van der Waals surface area contributed by atoms with E-state index in [1.54, 1.807) is 12.4 Å². The molecule has 0 atom stereocenters. The molecule has 1 N–H and O–H groups in total. The molecule has 122 valence electrons. The van der Waals surface area contributed by atoms with Gasteiger partial charge in [0, 0.05) is 49.6 Å². The monoisotopic (exact) mass is 480 g/mol. The molecule has 0 bridgehead atoms. The maximum Gasteiger partial charge on any atom is 0.225 e. The third-order valence-electron chi connectivity index (χ3n) is 3.15. The number of piperazine rings is 1. The second-order valence-electron chi connectivity index (χ2n) is 4.71. The molecule has 0 aromatic carbocycles. The predicted octanol–water partition coefficient (Wildman–Crippen LogP) is 2.09. The van der Waals surface area contributed by atoms with Crippen molar-refractivity contribution >= 4 is 51.8 Å². The second-order valence-corrected chi connectivity index (χ2v) is 5.83. The number of halogens is 2. The van der Waals surface area contributed by atoms with Crippen molar-refractivity contribution in [1.29, 1.82) is 0 Å². The molecule has 0 amide bonds. The van der Waals surface area contributed by atoms with E-state index in [0.717, 1.165) is 49.1 Å². The van der Waals surface area contributed by atoms with Crippen LogP contribution in [0.3, 0.4) is 0 Å². The van der Waals surface area contributed by atoms with Gasteiger partial charge in [0.25, 0.3) is 0 Å². The van der Waals surface area contributed by atoms with Gasteiger partial charge in [0.05, 0.1) is 6.54 Å². The maximum atomic E-state index is 4.57. The Kier molecular flexibility index (Phi) is 8.69. The zero-order valence-electron chi connectivity index (χ0n) is 12.7. The lowest BCUT2D eigenvalue weighted by atomic mass is 10.3. The second kappa shape index (κ2) is 9.98. The predicted molar refractivity (Wildman–Crippen MR) is 105 cm³/mol. The Bertz CT molecular complexity index is 487. The van der Waals surface area contributed by atoms with E-state index in [4.69, 9.17) is 0 Å². The molecule has 6 nitrogen and oxygen atoms in total. The highest BCUT2D eigenvalue weighted by molar-refractivity contribution is 14.0. The normalized spacial score (nSPS) is 15.3. The van der Waals surface area contributed by atoms with Gasteiger partial charge in [-0.3, -0.25) is 0 Å². The summed E-state index contributed by atoms with van der Waals surface area (Å²) in [5, 5.41) is 3.33. The van der Waals surface area contributed by atoms with E-state index in [0.29, 0.717) is 6.54 Å². The molecular weight excluding hydrogens is 459 g/mol. The van der Waals surface area contributed by atoms with Crippen molar-refractivity contribution < 1.29 is 0 Å². The van der Waals surface area contributed by atoms with Crippen molar-refractivity contribution in [3.8, 4) is 0 Å². The third-order valence-corrected chi connectivity index (χ3v) is 3.40. The van der Waals surface area contributed by atoms with Crippen LogP contribution in [-0.4, -0.2) is 60.1 Å². The number of hydrogen-bond donors (Lipinski definition) is 1. The Morgan fingerprint density at radius 3 is 2.50 bits per heavy atom. The van der Waals surface area contributed by atoms with Gasteiger partial charge in [-0.15, -0.1) is 24.0 Å². The van der Waals surface area contributed by atoms with E-state index < -0.39 is 0 Å². The van der Waals surface area contributed by atoms with Crippen LogP contribution in [-0.2, 0) is 0 Å². The summed E-state index contributed by atoms with van der Waals surface area (Å²) in [6.45, 7) is 10.9. The summed E-state index contributed by atoms with van der Waals surface area (Å²) < 4.78 is 0.884. The zero-order valence-corrected chi connectivity index (χ0v) is 16.6. The first-order chi connectivity index (χ1) is 10.2. The van der Waals surface area contributed by atoms with Crippen molar-refractivity contribution in [2.75, 3.05) is 44.2 Å². The number of nitrogens with one attached hydrogen (secondary N) is 1. The molecule has 0 radical (unpaired) electrons. The number of hydrogen-bond acceptors (Lipinski definition) is 4.